The Morgan fingerprint density at radius 3 is 2.42 bits per heavy atom. The summed E-state index contributed by atoms with van der Waals surface area (Å²) in [6, 6.07) is 24.2. The van der Waals surface area contributed by atoms with Crippen molar-refractivity contribution in [2.24, 2.45) is 0 Å². The predicted molar refractivity (Wildman–Crippen MR) is 133 cm³/mol. The Hall–Kier alpha value is -3.64. The number of carbonyl (C=O) groups excluding carboxylic acids is 2. The molecular weight excluding hydrogens is 414 g/mol. The zero-order valence-electron chi connectivity index (χ0n) is 19.4. The average molecular weight is 446 g/mol. The Morgan fingerprint density at radius 1 is 0.939 bits per heavy atom. The highest BCUT2D eigenvalue weighted by atomic mass is 16.5. The molecule has 1 unspecified atom stereocenters. The fraction of sp³-hybridized carbons (Fsp3) is 0.259. The Bertz CT molecular complexity index is 1070. The van der Waals surface area contributed by atoms with Crippen molar-refractivity contribution in [2.45, 2.75) is 26.3 Å². The number of nitrogens with zero attached hydrogens (tertiary/aromatic N) is 1. The summed E-state index contributed by atoms with van der Waals surface area (Å²) in [7, 11) is 1.90. The van der Waals surface area contributed by atoms with Crippen molar-refractivity contribution in [1.29, 1.82) is 0 Å². The van der Waals surface area contributed by atoms with Crippen LogP contribution in [0.15, 0.2) is 78.9 Å². The van der Waals surface area contributed by atoms with E-state index in [1.54, 1.807) is 12.1 Å². The Kier molecular flexibility index (Phi) is 8.61. The average Bonchev–Trinajstić information content (AvgIpc) is 2.83. The molecule has 0 aliphatic heterocycles. The first-order chi connectivity index (χ1) is 16.0. The van der Waals surface area contributed by atoms with Crippen molar-refractivity contribution in [2.75, 3.05) is 30.8 Å². The van der Waals surface area contributed by atoms with Crippen molar-refractivity contribution >= 4 is 23.2 Å². The number of rotatable bonds is 10. The normalized spacial score (nSPS) is 11.6. The fourth-order valence-electron chi connectivity index (χ4n) is 3.38. The van der Waals surface area contributed by atoms with Gasteiger partial charge in [0.1, 0.15) is 5.75 Å². The Morgan fingerprint density at radius 2 is 1.67 bits per heavy atom. The monoisotopic (exact) mass is 445 g/mol. The summed E-state index contributed by atoms with van der Waals surface area (Å²) in [5.41, 5.74) is 2.99. The van der Waals surface area contributed by atoms with Gasteiger partial charge in [0.05, 0.1) is 18.8 Å². The van der Waals surface area contributed by atoms with Crippen LogP contribution in [0.4, 0.5) is 11.4 Å². The summed E-state index contributed by atoms with van der Waals surface area (Å²) >= 11 is 0. The third kappa shape index (κ3) is 6.92. The van der Waals surface area contributed by atoms with Gasteiger partial charge >= 0.3 is 0 Å². The number of para-hydroxylation sites is 2. The summed E-state index contributed by atoms with van der Waals surface area (Å²) in [4.78, 5) is 27.1. The molecule has 0 bridgehead atoms. The standard InChI is InChI=1S/C27H31N3O3/c1-4-17-33-25-16-9-8-15-24(25)29-26(31)19-30(3)20(2)22-13-10-14-23(18-22)28-27(32)21-11-6-5-7-12-21/h5-16,18,20H,4,17,19H2,1-3H3,(H,28,32)(H,29,31). The lowest BCUT2D eigenvalue weighted by Gasteiger charge is -2.25. The van der Waals surface area contributed by atoms with Crippen molar-refractivity contribution in [3.8, 4) is 5.75 Å². The van der Waals surface area contributed by atoms with Crippen LogP contribution in [0.1, 0.15) is 42.2 Å². The summed E-state index contributed by atoms with van der Waals surface area (Å²) in [6.45, 7) is 4.88. The van der Waals surface area contributed by atoms with Crippen molar-refractivity contribution in [3.05, 3.63) is 90.0 Å². The number of likely N-dealkylation sites (N-methyl/N-ethyl adjacent to an activating group) is 1. The highest BCUT2D eigenvalue weighted by molar-refractivity contribution is 6.04. The lowest BCUT2D eigenvalue weighted by Crippen LogP contribution is -2.32. The van der Waals surface area contributed by atoms with Crippen LogP contribution < -0.4 is 15.4 Å². The van der Waals surface area contributed by atoms with E-state index < -0.39 is 0 Å². The maximum atomic E-state index is 12.7. The van der Waals surface area contributed by atoms with Crippen LogP contribution in [0.25, 0.3) is 0 Å². The molecule has 0 fully saturated rings. The molecule has 0 aliphatic carbocycles. The van der Waals surface area contributed by atoms with Gasteiger partial charge in [-0.05, 0) is 62.4 Å². The molecule has 0 aliphatic rings. The number of ether oxygens (including phenoxy) is 1. The Labute approximate surface area is 195 Å². The van der Waals surface area contributed by atoms with Crippen LogP contribution in [0.2, 0.25) is 0 Å². The van der Waals surface area contributed by atoms with Crippen LogP contribution in [-0.4, -0.2) is 36.9 Å². The van der Waals surface area contributed by atoms with Gasteiger partial charge in [0, 0.05) is 17.3 Å². The van der Waals surface area contributed by atoms with E-state index in [1.165, 1.54) is 0 Å². The lowest BCUT2D eigenvalue weighted by atomic mass is 10.1. The molecule has 3 aromatic carbocycles. The molecule has 0 saturated heterocycles. The largest absolute Gasteiger partial charge is 0.491 e. The van der Waals surface area contributed by atoms with Gasteiger partial charge in [-0.2, -0.15) is 0 Å². The molecule has 0 spiro atoms. The van der Waals surface area contributed by atoms with Crippen LogP contribution in [0.3, 0.4) is 0 Å². The minimum absolute atomic E-state index is 0.0316. The Balaban J connectivity index is 1.61. The molecule has 0 radical (unpaired) electrons. The third-order valence-electron chi connectivity index (χ3n) is 5.34. The molecule has 0 saturated carbocycles. The van der Waals surface area contributed by atoms with Gasteiger partial charge < -0.3 is 15.4 Å². The molecule has 3 aromatic rings. The first kappa shape index (κ1) is 24.0. The zero-order valence-corrected chi connectivity index (χ0v) is 19.4. The van der Waals surface area contributed by atoms with E-state index in [1.807, 2.05) is 92.5 Å². The predicted octanol–water partition coefficient (Wildman–Crippen LogP) is 5.36. The smallest absolute Gasteiger partial charge is 0.255 e. The van der Waals surface area contributed by atoms with Crippen LogP contribution in [0.5, 0.6) is 5.75 Å². The summed E-state index contributed by atoms with van der Waals surface area (Å²) in [6.07, 6.45) is 0.896. The van der Waals surface area contributed by atoms with Crippen molar-refractivity contribution in [3.63, 3.8) is 0 Å². The van der Waals surface area contributed by atoms with Crippen LogP contribution >= 0.6 is 0 Å². The minimum atomic E-state index is -0.155. The van der Waals surface area contributed by atoms with E-state index in [0.717, 1.165) is 12.0 Å². The second-order valence-corrected chi connectivity index (χ2v) is 7.93. The van der Waals surface area contributed by atoms with E-state index in [-0.39, 0.29) is 24.4 Å². The second kappa shape index (κ2) is 11.8. The SMILES string of the molecule is CCCOc1ccccc1NC(=O)CN(C)C(C)c1cccc(NC(=O)c2ccccc2)c1. The molecule has 0 heterocycles. The van der Waals surface area contributed by atoms with E-state index in [0.29, 0.717) is 29.3 Å². The molecule has 6 heteroatoms. The number of benzene rings is 3. The third-order valence-corrected chi connectivity index (χ3v) is 5.34. The number of amides is 2. The van der Waals surface area contributed by atoms with E-state index in [4.69, 9.17) is 4.74 Å². The van der Waals surface area contributed by atoms with Gasteiger partial charge in [-0.25, -0.2) is 0 Å². The fourth-order valence-corrected chi connectivity index (χ4v) is 3.38. The first-order valence-corrected chi connectivity index (χ1v) is 11.2. The second-order valence-electron chi connectivity index (χ2n) is 7.93. The quantitative estimate of drug-likeness (QED) is 0.441. The molecule has 1 atom stereocenters. The maximum absolute atomic E-state index is 12.7. The number of hydrogen-bond donors (Lipinski definition) is 2. The number of nitrogens with one attached hydrogen (secondary N) is 2. The van der Waals surface area contributed by atoms with E-state index >= 15 is 0 Å². The molecular formula is C27H31N3O3. The number of carbonyl (C=O) groups is 2. The van der Waals surface area contributed by atoms with Crippen molar-refractivity contribution < 1.29 is 14.3 Å². The number of hydrogen-bond acceptors (Lipinski definition) is 4. The van der Waals surface area contributed by atoms with Crippen LogP contribution in [-0.2, 0) is 4.79 Å². The van der Waals surface area contributed by atoms with Crippen LogP contribution in [0, 0.1) is 0 Å². The molecule has 0 aromatic heterocycles. The topological polar surface area (TPSA) is 70.7 Å². The van der Waals surface area contributed by atoms with E-state index in [9.17, 15) is 9.59 Å². The minimum Gasteiger partial charge on any atom is -0.491 e. The maximum Gasteiger partial charge on any atom is 0.255 e. The van der Waals surface area contributed by atoms with Gasteiger partial charge in [-0.3, -0.25) is 14.5 Å². The lowest BCUT2D eigenvalue weighted by molar-refractivity contribution is -0.117. The van der Waals surface area contributed by atoms with Gasteiger partial charge in [0.15, 0.2) is 0 Å². The summed E-state index contributed by atoms with van der Waals surface area (Å²) < 4.78 is 5.72. The van der Waals surface area contributed by atoms with Crippen molar-refractivity contribution in [1.82, 2.24) is 4.90 Å². The first-order valence-electron chi connectivity index (χ1n) is 11.2. The molecule has 172 valence electrons. The molecule has 6 nitrogen and oxygen atoms in total. The number of anilines is 2. The highest BCUT2D eigenvalue weighted by Crippen LogP contribution is 2.25. The molecule has 2 N–H and O–H groups in total. The molecule has 3 rings (SSSR count). The van der Waals surface area contributed by atoms with Gasteiger partial charge in [-0.1, -0.05) is 49.4 Å². The van der Waals surface area contributed by atoms with Gasteiger partial charge in [0.25, 0.3) is 5.91 Å². The molecule has 33 heavy (non-hydrogen) atoms. The summed E-state index contributed by atoms with van der Waals surface area (Å²) in [5, 5.41) is 5.89. The van der Waals surface area contributed by atoms with E-state index in [2.05, 4.69) is 10.6 Å². The molecule has 2 amide bonds. The highest BCUT2D eigenvalue weighted by Gasteiger charge is 2.17. The summed E-state index contributed by atoms with van der Waals surface area (Å²) in [5.74, 6) is 0.396. The zero-order chi connectivity index (χ0) is 23.6. The van der Waals surface area contributed by atoms with Gasteiger partial charge in [0.2, 0.25) is 5.91 Å². The van der Waals surface area contributed by atoms with Gasteiger partial charge in [-0.15, -0.1) is 0 Å².